The molecule has 3 heteroatoms. The van der Waals surface area contributed by atoms with Crippen molar-refractivity contribution in [1.82, 2.24) is 0 Å². The molecule has 0 radical (unpaired) electrons. The maximum atomic E-state index is 11.6. The summed E-state index contributed by atoms with van der Waals surface area (Å²) in [5.74, 6) is -0.0981. The summed E-state index contributed by atoms with van der Waals surface area (Å²) < 4.78 is 5.16. The molecule has 86 valence electrons. The van der Waals surface area contributed by atoms with E-state index >= 15 is 0 Å². The maximum absolute atomic E-state index is 11.6. The molecule has 0 aliphatic carbocycles. The van der Waals surface area contributed by atoms with Gasteiger partial charge in [-0.15, -0.1) is 0 Å². The number of allylic oxidation sites excluding steroid dienone is 1. The number of carbonyl (C=O) groups is 1. The van der Waals surface area contributed by atoms with Crippen molar-refractivity contribution in [2.75, 3.05) is 6.61 Å². The summed E-state index contributed by atoms with van der Waals surface area (Å²) >= 11 is 5.78. The van der Waals surface area contributed by atoms with Gasteiger partial charge in [0.05, 0.1) is 12.9 Å². The molecule has 1 aromatic carbocycles. The predicted molar refractivity (Wildman–Crippen MR) is 65.8 cm³/mol. The van der Waals surface area contributed by atoms with Crippen molar-refractivity contribution in [3.8, 4) is 0 Å². The first-order valence-electron chi connectivity index (χ1n) is 5.32. The SMILES string of the molecule is CCCCOC=CC(=O)c1cccc(Cl)c1. The number of rotatable bonds is 6. The van der Waals surface area contributed by atoms with E-state index in [1.165, 1.54) is 12.3 Å². The molecule has 0 saturated heterocycles. The van der Waals surface area contributed by atoms with Gasteiger partial charge in [0.1, 0.15) is 0 Å². The highest BCUT2D eigenvalue weighted by Gasteiger charge is 2.01. The summed E-state index contributed by atoms with van der Waals surface area (Å²) in [6.07, 6.45) is 4.94. The fourth-order valence-electron chi connectivity index (χ4n) is 1.14. The van der Waals surface area contributed by atoms with Gasteiger partial charge in [-0.25, -0.2) is 0 Å². The van der Waals surface area contributed by atoms with E-state index in [4.69, 9.17) is 16.3 Å². The third kappa shape index (κ3) is 4.49. The van der Waals surface area contributed by atoms with Crippen LogP contribution in [0.15, 0.2) is 36.6 Å². The van der Waals surface area contributed by atoms with Crippen molar-refractivity contribution in [3.63, 3.8) is 0 Å². The van der Waals surface area contributed by atoms with Crippen molar-refractivity contribution in [3.05, 3.63) is 47.2 Å². The van der Waals surface area contributed by atoms with Crippen LogP contribution in [-0.2, 0) is 4.74 Å². The highest BCUT2D eigenvalue weighted by atomic mass is 35.5. The summed E-state index contributed by atoms with van der Waals surface area (Å²) in [6.45, 7) is 2.74. The average Bonchev–Trinajstić information content (AvgIpc) is 2.28. The van der Waals surface area contributed by atoms with Gasteiger partial charge in [-0.3, -0.25) is 4.79 Å². The Labute approximate surface area is 101 Å². The normalized spacial score (nSPS) is 10.6. The zero-order valence-corrected chi connectivity index (χ0v) is 10.0. The van der Waals surface area contributed by atoms with Gasteiger partial charge in [0, 0.05) is 16.7 Å². The molecule has 0 aliphatic rings. The number of ketones is 1. The number of ether oxygens (including phenoxy) is 1. The minimum absolute atomic E-state index is 0.0981. The van der Waals surface area contributed by atoms with Crippen molar-refractivity contribution < 1.29 is 9.53 Å². The van der Waals surface area contributed by atoms with Gasteiger partial charge in [-0.05, 0) is 18.6 Å². The van der Waals surface area contributed by atoms with E-state index in [-0.39, 0.29) is 5.78 Å². The number of benzene rings is 1. The summed E-state index contributed by atoms with van der Waals surface area (Å²) in [7, 11) is 0. The lowest BCUT2D eigenvalue weighted by molar-refractivity contribution is 0.104. The van der Waals surface area contributed by atoms with Crippen LogP contribution in [0.5, 0.6) is 0 Å². The highest BCUT2D eigenvalue weighted by molar-refractivity contribution is 6.31. The Morgan fingerprint density at radius 3 is 3.00 bits per heavy atom. The fraction of sp³-hybridized carbons (Fsp3) is 0.308. The lowest BCUT2D eigenvalue weighted by atomic mass is 10.1. The van der Waals surface area contributed by atoms with E-state index in [0.717, 1.165) is 12.8 Å². The summed E-state index contributed by atoms with van der Waals surface area (Å²) in [5, 5.41) is 0.561. The van der Waals surface area contributed by atoms with Gasteiger partial charge < -0.3 is 4.74 Å². The summed E-state index contributed by atoms with van der Waals surface area (Å²) in [4.78, 5) is 11.6. The minimum atomic E-state index is -0.0981. The van der Waals surface area contributed by atoms with Crippen molar-refractivity contribution >= 4 is 17.4 Å². The Morgan fingerprint density at radius 2 is 2.31 bits per heavy atom. The zero-order chi connectivity index (χ0) is 11.8. The van der Waals surface area contributed by atoms with Crippen LogP contribution in [0.3, 0.4) is 0 Å². The minimum Gasteiger partial charge on any atom is -0.501 e. The van der Waals surface area contributed by atoms with E-state index < -0.39 is 0 Å². The number of halogens is 1. The monoisotopic (exact) mass is 238 g/mol. The maximum Gasteiger partial charge on any atom is 0.188 e. The van der Waals surface area contributed by atoms with Gasteiger partial charge >= 0.3 is 0 Å². The van der Waals surface area contributed by atoms with Crippen LogP contribution >= 0.6 is 11.6 Å². The first-order chi connectivity index (χ1) is 7.74. The molecule has 0 heterocycles. The van der Waals surface area contributed by atoms with Gasteiger partial charge in [0.2, 0.25) is 0 Å². The van der Waals surface area contributed by atoms with Crippen molar-refractivity contribution in [2.24, 2.45) is 0 Å². The predicted octanol–water partition coefficient (Wildman–Crippen LogP) is 3.85. The lowest BCUT2D eigenvalue weighted by Crippen LogP contribution is -1.94. The molecule has 0 atom stereocenters. The third-order valence-electron chi connectivity index (χ3n) is 2.04. The second kappa shape index (κ2) is 7.07. The molecule has 1 aromatic rings. The molecule has 0 aliphatic heterocycles. The van der Waals surface area contributed by atoms with Crippen LogP contribution in [0.25, 0.3) is 0 Å². The Hall–Kier alpha value is -1.28. The molecule has 0 fully saturated rings. The Kier molecular flexibility index (Phi) is 5.65. The van der Waals surface area contributed by atoms with Crippen LogP contribution in [-0.4, -0.2) is 12.4 Å². The van der Waals surface area contributed by atoms with Crippen LogP contribution in [0, 0.1) is 0 Å². The molecule has 0 aromatic heterocycles. The smallest absolute Gasteiger partial charge is 0.188 e. The fourth-order valence-corrected chi connectivity index (χ4v) is 1.33. The van der Waals surface area contributed by atoms with E-state index in [1.54, 1.807) is 24.3 Å². The topological polar surface area (TPSA) is 26.3 Å². The molecular weight excluding hydrogens is 224 g/mol. The Morgan fingerprint density at radius 1 is 1.50 bits per heavy atom. The first kappa shape index (κ1) is 12.8. The van der Waals surface area contributed by atoms with Crippen LogP contribution < -0.4 is 0 Å². The Bertz CT molecular complexity index is 372. The molecule has 0 bridgehead atoms. The average molecular weight is 239 g/mol. The molecule has 2 nitrogen and oxygen atoms in total. The number of hydrogen-bond donors (Lipinski definition) is 0. The van der Waals surface area contributed by atoms with E-state index in [2.05, 4.69) is 6.92 Å². The van der Waals surface area contributed by atoms with Gasteiger partial charge in [0.25, 0.3) is 0 Å². The summed E-state index contributed by atoms with van der Waals surface area (Å²) in [5.41, 5.74) is 0.572. The zero-order valence-electron chi connectivity index (χ0n) is 9.28. The lowest BCUT2D eigenvalue weighted by Gasteiger charge is -1.98. The van der Waals surface area contributed by atoms with E-state index in [0.29, 0.717) is 17.2 Å². The quantitative estimate of drug-likeness (QED) is 0.326. The highest BCUT2D eigenvalue weighted by Crippen LogP contribution is 2.11. The second-order valence-corrected chi connectivity index (χ2v) is 3.84. The number of hydrogen-bond acceptors (Lipinski definition) is 2. The molecular formula is C13H15ClO2. The largest absolute Gasteiger partial charge is 0.501 e. The van der Waals surface area contributed by atoms with Gasteiger partial charge in [-0.2, -0.15) is 0 Å². The summed E-state index contributed by atoms with van der Waals surface area (Å²) in [6, 6.07) is 6.85. The van der Waals surface area contributed by atoms with Crippen LogP contribution in [0.2, 0.25) is 5.02 Å². The molecule has 1 rings (SSSR count). The number of unbranched alkanes of at least 4 members (excludes halogenated alkanes) is 1. The molecule has 16 heavy (non-hydrogen) atoms. The Balaban J connectivity index is 2.46. The van der Waals surface area contributed by atoms with Crippen molar-refractivity contribution in [2.45, 2.75) is 19.8 Å². The standard InChI is InChI=1S/C13H15ClO2/c1-2-3-8-16-9-7-13(15)11-5-4-6-12(14)10-11/h4-7,9-10H,2-3,8H2,1H3. The third-order valence-corrected chi connectivity index (χ3v) is 2.28. The molecule has 0 spiro atoms. The van der Waals surface area contributed by atoms with Gasteiger partial charge in [-0.1, -0.05) is 37.1 Å². The molecule has 0 saturated carbocycles. The van der Waals surface area contributed by atoms with E-state index in [1.807, 2.05) is 0 Å². The molecule has 0 unspecified atom stereocenters. The van der Waals surface area contributed by atoms with Gasteiger partial charge in [0.15, 0.2) is 5.78 Å². The first-order valence-corrected chi connectivity index (χ1v) is 5.70. The van der Waals surface area contributed by atoms with Crippen LogP contribution in [0.1, 0.15) is 30.1 Å². The van der Waals surface area contributed by atoms with E-state index in [9.17, 15) is 4.79 Å². The molecule has 0 amide bonds. The van der Waals surface area contributed by atoms with Crippen molar-refractivity contribution in [1.29, 1.82) is 0 Å². The molecule has 0 N–H and O–H groups in total. The number of carbonyl (C=O) groups excluding carboxylic acids is 1. The van der Waals surface area contributed by atoms with Crippen LogP contribution in [0.4, 0.5) is 0 Å². The second-order valence-electron chi connectivity index (χ2n) is 3.40.